The van der Waals surface area contributed by atoms with Gasteiger partial charge in [0.25, 0.3) is 21.6 Å². The van der Waals surface area contributed by atoms with Gasteiger partial charge in [-0.1, -0.05) is 31.9 Å². The Morgan fingerprint density at radius 1 is 0.927 bits per heavy atom. The van der Waals surface area contributed by atoms with Crippen molar-refractivity contribution in [1.82, 2.24) is 4.72 Å². The Morgan fingerprint density at radius 3 is 2.20 bits per heavy atom. The second kappa shape index (κ2) is 14.9. The molecule has 0 saturated carbocycles. The van der Waals surface area contributed by atoms with Gasteiger partial charge in [0.05, 0.1) is 11.3 Å². The maximum Gasteiger partial charge on any atom is 0.416 e. The zero-order valence-electron chi connectivity index (χ0n) is 22.2. The highest BCUT2D eigenvalue weighted by molar-refractivity contribution is 7.90. The van der Waals surface area contributed by atoms with Gasteiger partial charge in [-0.15, -0.1) is 0 Å². The van der Waals surface area contributed by atoms with Gasteiger partial charge in [0.2, 0.25) is 5.91 Å². The fraction of sp³-hybridized carbons (Fsp3) is 0.259. The van der Waals surface area contributed by atoms with Crippen LogP contribution in [0.3, 0.4) is 0 Å². The highest BCUT2D eigenvalue weighted by Crippen LogP contribution is 2.31. The van der Waals surface area contributed by atoms with Crippen molar-refractivity contribution < 1.29 is 41.5 Å². The fourth-order valence-electron chi connectivity index (χ4n) is 3.57. The van der Waals surface area contributed by atoms with Crippen LogP contribution < -0.4 is 20.5 Å². The zero-order chi connectivity index (χ0) is 30.6. The molecule has 3 aromatic carbocycles. The number of unbranched alkanes of at least 4 members (excludes halogenated alkanes) is 2. The minimum Gasteiger partial charge on any atom is -0.400 e. The number of rotatable bonds is 11. The van der Waals surface area contributed by atoms with Crippen LogP contribution in [0.4, 0.5) is 35.9 Å². The lowest BCUT2D eigenvalue weighted by atomic mass is 10.1. The van der Waals surface area contributed by atoms with Crippen LogP contribution in [0.2, 0.25) is 0 Å². The van der Waals surface area contributed by atoms with E-state index in [1.807, 2.05) is 11.6 Å². The number of amides is 2. The summed E-state index contributed by atoms with van der Waals surface area (Å²) in [4.78, 5) is 36.2. The van der Waals surface area contributed by atoms with E-state index >= 15 is 0 Å². The van der Waals surface area contributed by atoms with Gasteiger partial charge in [-0.05, 0) is 55.0 Å². The fourth-order valence-corrected chi connectivity index (χ4v) is 4.75. The van der Waals surface area contributed by atoms with E-state index in [2.05, 4.69) is 10.6 Å². The average Bonchev–Trinajstić information content (AvgIpc) is 2.94. The van der Waals surface area contributed by atoms with Crippen molar-refractivity contribution in [2.75, 3.05) is 17.7 Å². The number of nitroso groups, excluding NO2 is 1. The summed E-state index contributed by atoms with van der Waals surface area (Å²) < 4.78 is 66.0. The first-order valence-corrected chi connectivity index (χ1v) is 13.8. The second-order valence-corrected chi connectivity index (χ2v) is 10.1. The number of para-hydroxylation sites is 1. The van der Waals surface area contributed by atoms with Gasteiger partial charge in [-0.2, -0.15) is 13.2 Å². The van der Waals surface area contributed by atoms with Crippen LogP contribution in [0.15, 0.2) is 71.6 Å². The average molecular weight is 596 g/mol. The van der Waals surface area contributed by atoms with E-state index < -0.39 is 33.6 Å². The van der Waals surface area contributed by atoms with E-state index in [1.165, 1.54) is 54.6 Å². The number of sulfonamides is 1. The number of alkyl halides is 3. The largest absolute Gasteiger partial charge is 0.416 e. The van der Waals surface area contributed by atoms with E-state index in [9.17, 15) is 36.1 Å². The van der Waals surface area contributed by atoms with Crippen molar-refractivity contribution in [1.29, 1.82) is 0 Å². The lowest BCUT2D eigenvalue weighted by molar-refractivity contribution is -0.378. The third kappa shape index (κ3) is 9.39. The van der Waals surface area contributed by atoms with Crippen molar-refractivity contribution in [3.8, 4) is 0 Å². The van der Waals surface area contributed by atoms with Gasteiger partial charge < -0.3 is 15.7 Å². The molecule has 0 aliphatic rings. The molecule has 14 heteroatoms. The summed E-state index contributed by atoms with van der Waals surface area (Å²) >= 11 is 0. The first-order valence-electron chi connectivity index (χ1n) is 12.3. The Balaban J connectivity index is 0.00000287. The Morgan fingerprint density at radius 2 is 1.59 bits per heavy atom. The van der Waals surface area contributed by atoms with Crippen molar-refractivity contribution in [3.63, 3.8) is 0 Å². The Bertz CT molecular complexity index is 1460. The maximum absolute atomic E-state index is 12.9. The lowest BCUT2D eigenvalue weighted by Crippen LogP contribution is -2.56. The predicted octanol–water partition coefficient (Wildman–Crippen LogP) is 4.17. The molecule has 0 heterocycles. The summed E-state index contributed by atoms with van der Waals surface area (Å²) in [5.41, 5.74) is -0.548. The molecule has 0 aliphatic carbocycles. The van der Waals surface area contributed by atoms with E-state index in [1.54, 1.807) is 5.18 Å². The molecule has 41 heavy (non-hydrogen) atoms. The molecular formula is C27H30F3N4O6S+. The minimum absolute atomic E-state index is 0.0119. The number of aliphatic hydroxyl groups excluding tert-OH is 1. The third-order valence-electron chi connectivity index (χ3n) is 5.56. The van der Waals surface area contributed by atoms with Crippen molar-refractivity contribution in [3.05, 3.63) is 82.8 Å². The standard InChI is InChI=1S/C26H25F3N4O5S.CH4O/c1-2-3-4-9-24(34)33-39(37,38)23-8-6-5-7-21(23)31-25(35)17-10-15-20(22(16-17)32-36)30-19-13-11-18(12-14-19)26(27,28)29;1-2/h5-8,10-16,30H,2-4,9H2,1H3,(H,31,35)(H,33,34);2H,1H3/p+1. The topological polar surface area (TPSA) is 156 Å². The van der Waals surface area contributed by atoms with E-state index in [-0.39, 0.29) is 39.6 Å². The van der Waals surface area contributed by atoms with Gasteiger partial charge in [-0.25, -0.2) is 13.1 Å². The Kier molecular flexibility index (Phi) is 12.0. The van der Waals surface area contributed by atoms with Gasteiger partial charge in [0.15, 0.2) is 0 Å². The normalized spacial score (nSPS) is 11.1. The van der Waals surface area contributed by atoms with Gasteiger partial charge in [0.1, 0.15) is 10.6 Å². The Hall–Kier alpha value is -4.30. The number of aliphatic hydroxyl groups is 1. The van der Waals surface area contributed by atoms with Crippen molar-refractivity contribution >= 4 is 44.6 Å². The molecule has 0 aliphatic heterocycles. The molecule has 0 radical (unpaired) electrons. The highest BCUT2D eigenvalue weighted by Gasteiger charge is 2.30. The summed E-state index contributed by atoms with van der Waals surface area (Å²) in [5, 5.41) is 13.9. The van der Waals surface area contributed by atoms with Crippen molar-refractivity contribution in [2.45, 2.75) is 43.7 Å². The van der Waals surface area contributed by atoms with Crippen LogP contribution in [0.25, 0.3) is 0 Å². The smallest absolute Gasteiger partial charge is 0.400 e. The SMILES string of the molecule is CCCCCC(=O)NS(=O)(=O)c1ccccc1NC(=O)c1ccc(Nc2ccc(C(F)(F)F)cc2)c([NH+]=O)c1.CO. The van der Waals surface area contributed by atoms with Crippen LogP contribution >= 0.6 is 0 Å². The molecule has 0 spiro atoms. The second-order valence-electron chi connectivity index (χ2n) is 8.50. The number of halogens is 3. The van der Waals surface area contributed by atoms with E-state index in [0.29, 0.717) is 6.42 Å². The molecule has 2 amide bonds. The van der Waals surface area contributed by atoms with Gasteiger partial charge >= 0.3 is 6.18 Å². The molecular weight excluding hydrogens is 565 g/mol. The van der Waals surface area contributed by atoms with Crippen molar-refractivity contribution in [2.24, 2.45) is 0 Å². The molecule has 0 fully saturated rings. The lowest BCUT2D eigenvalue weighted by Gasteiger charge is -2.13. The first kappa shape index (κ1) is 32.9. The number of anilines is 3. The summed E-state index contributed by atoms with van der Waals surface area (Å²) in [5.74, 6) is -1.41. The van der Waals surface area contributed by atoms with Crippen LogP contribution in [-0.2, 0) is 21.0 Å². The maximum atomic E-state index is 12.9. The van der Waals surface area contributed by atoms with Crippen LogP contribution in [0, 0.1) is 4.91 Å². The van der Waals surface area contributed by atoms with E-state index in [4.69, 9.17) is 5.11 Å². The number of hydrogen-bond donors (Lipinski definition) is 5. The number of benzene rings is 3. The number of carbonyl (C=O) groups excluding carboxylic acids is 2. The predicted molar refractivity (Wildman–Crippen MR) is 147 cm³/mol. The minimum atomic E-state index is -4.49. The zero-order valence-corrected chi connectivity index (χ0v) is 23.0. The quantitative estimate of drug-likeness (QED) is 0.208. The summed E-state index contributed by atoms with van der Waals surface area (Å²) in [6.45, 7) is 1.95. The molecule has 5 N–H and O–H groups in total. The molecule has 220 valence electrons. The van der Waals surface area contributed by atoms with E-state index in [0.717, 1.165) is 32.1 Å². The number of carbonyl (C=O) groups is 2. The van der Waals surface area contributed by atoms with Crippen LogP contribution in [0.5, 0.6) is 0 Å². The monoisotopic (exact) mass is 595 g/mol. The first-order chi connectivity index (χ1) is 19.4. The molecule has 0 unspecified atom stereocenters. The van der Waals surface area contributed by atoms with Gasteiger partial charge in [0, 0.05) is 40.9 Å². The molecule has 10 nitrogen and oxygen atoms in total. The summed E-state index contributed by atoms with van der Waals surface area (Å²) in [6, 6.07) is 13.6. The van der Waals surface area contributed by atoms with Gasteiger partial charge in [-0.3, -0.25) is 9.59 Å². The molecule has 0 atom stereocenters. The Labute approximate surface area is 235 Å². The van der Waals surface area contributed by atoms with Crippen LogP contribution in [-0.4, -0.2) is 32.4 Å². The molecule has 0 saturated heterocycles. The highest BCUT2D eigenvalue weighted by atomic mass is 32.2. The molecule has 0 aromatic heterocycles. The number of hydrogen-bond acceptors (Lipinski definition) is 7. The summed E-state index contributed by atoms with van der Waals surface area (Å²) in [6.07, 6.45) is -2.27. The van der Waals surface area contributed by atoms with Crippen LogP contribution in [0.1, 0.15) is 48.5 Å². The summed E-state index contributed by atoms with van der Waals surface area (Å²) in [7, 11) is -3.28. The molecule has 3 rings (SSSR count). The molecule has 3 aromatic rings. The third-order valence-corrected chi connectivity index (χ3v) is 6.99. The number of nitrogens with one attached hydrogen (secondary N) is 4. The molecule has 0 bridgehead atoms.